The number of anilines is 3. The highest BCUT2D eigenvalue weighted by Crippen LogP contribution is 2.56. The number of nitriles is 1. The van der Waals surface area contributed by atoms with Crippen molar-refractivity contribution < 1.29 is 18.3 Å². The van der Waals surface area contributed by atoms with E-state index in [1.54, 1.807) is 67.7 Å². The van der Waals surface area contributed by atoms with Crippen molar-refractivity contribution >= 4 is 40.8 Å². The Morgan fingerprint density at radius 1 is 1.05 bits per heavy atom. The number of alkyl halides is 2. The van der Waals surface area contributed by atoms with Gasteiger partial charge in [-0.3, -0.25) is 19.6 Å². The van der Waals surface area contributed by atoms with Crippen LogP contribution in [0.15, 0.2) is 55.1 Å². The highest BCUT2D eigenvalue weighted by Gasteiger charge is 2.64. The van der Waals surface area contributed by atoms with Crippen molar-refractivity contribution in [2.24, 2.45) is 23.8 Å². The van der Waals surface area contributed by atoms with Gasteiger partial charge in [-0.2, -0.15) is 15.5 Å². The largest absolute Gasteiger partial charge is 0.489 e. The Kier molecular flexibility index (Phi) is 11.6. The van der Waals surface area contributed by atoms with Crippen LogP contribution in [-0.4, -0.2) is 84.5 Å². The number of hydrogen-bond donors (Lipinski definition) is 2. The minimum atomic E-state index is -2.67. The van der Waals surface area contributed by atoms with Gasteiger partial charge in [-0.05, 0) is 67.0 Å². The van der Waals surface area contributed by atoms with Gasteiger partial charge in [0.1, 0.15) is 23.8 Å². The summed E-state index contributed by atoms with van der Waals surface area (Å²) < 4.78 is 39.6. The molecule has 2 N–H and O–H groups in total. The summed E-state index contributed by atoms with van der Waals surface area (Å²) in [6, 6.07) is 10.6. The fourth-order valence-corrected chi connectivity index (χ4v) is 11.2. The van der Waals surface area contributed by atoms with Crippen molar-refractivity contribution in [1.29, 1.82) is 10.7 Å². The van der Waals surface area contributed by atoms with Crippen molar-refractivity contribution in [2.75, 3.05) is 36.0 Å². The first-order valence-corrected chi connectivity index (χ1v) is 22.8. The molecule has 1 saturated heterocycles. The van der Waals surface area contributed by atoms with Gasteiger partial charge in [0.25, 0.3) is 6.43 Å². The number of ether oxygens (including phenoxy) is 1. The third-order valence-corrected chi connectivity index (χ3v) is 14.4. The van der Waals surface area contributed by atoms with E-state index in [1.807, 2.05) is 11.0 Å². The monoisotopic (exact) mass is 904 g/mol. The smallest absolute Gasteiger partial charge is 0.264 e. The van der Waals surface area contributed by atoms with Gasteiger partial charge in [0, 0.05) is 123 Å². The van der Waals surface area contributed by atoms with E-state index in [0.29, 0.717) is 77.5 Å². The summed E-state index contributed by atoms with van der Waals surface area (Å²) in [5, 5.41) is 31.5. The SMILES string of the molecule is CC(=O)N1CCc2c(c(N3CCCc4cc(-c5cnn(C)c5)c(C(F)F)cc43)nn2CC2CCN(c3ncc(C(=N)NC4C(C)(C)C(Oc5ccc(C#N)c(Cl)c5)C4(C)C)cn3)CC2)C1. The third kappa shape index (κ3) is 8.17. The molecule has 4 aliphatic rings. The number of aryl methyl sites for hydroxylation is 2. The molecule has 17 heteroatoms. The lowest BCUT2D eigenvalue weighted by Gasteiger charge is -2.63. The summed E-state index contributed by atoms with van der Waals surface area (Å²) >= 11 is 6.28. The predicted octanol–water partition coefficient (Wildman–Crippen LogP) is 8.24. The standard InChI is InChI=1S/C48H55ClF2N12O2/c1-28(64)61-17-13-39-37(27-61)43(62-14-7-8-30-18-35(33-24-56-59(6)26-33)36(41(50)51)20-40(30)62)58-63(39)25-29-11-15-60(16-12-29)46-54-22-32(23-55-46)42(53)57-44-47(2,3)45(48(44,4)5)65-34-10-9-31(21-52)38(49)19-34/h9-10,18-20,22-24,26,29,41,44-45H,7-8,11-17,25,27H2,1-6H3,(H2,53,57). The number of piperidine rings is 1. The molecule has 0 bridgehead atoms. The molecule has 2 fully saturated rings. The topological polar surface area (TPSA) is 157 Å². The molecule has 3 aliphatic heterocycles. The van der Waals surface area contributed by atoms with E-state index >= 15 is 0 Å². The molecule has 0 radical (unpaired) electrons. The molecule has 340 valence electrons. The van der Waals surface area contributed by atoms with Crippen molar-refractivity contribution in [2.45, 2.75) is 98.4 Å². The zero-order valence-corrected chi connectivity index (χ0v) is 38.5. The number of halogens is 3. The number of carbonyl (C=O) groups excluding carboxylic acids is 1. The second-order valence-corrected chi connectivity index (χ2v) is 19.6. The van der Waals surface area contributed by atoms with Gasteiger partial charge < -0.3 is 24.8 Å². The van der Waals surface area contributed by atoms with E-state index in [-0.39, 0.29) is 40.3 Å². The molecule has 65 heavy (non-hydrogen) atoms. The summed E-state index contributed by atoms with van der Waals surface area (Å²) in [4.78, 5) is 28.2. The highest BCUT2D eigenvalue weighted by atomic mass is 35.5. The maximum Gasteiger partial charge on any atom is 0.264 e. The maximum absolute atomic E-state index is 14.7. The van der Waals surface area contributed by atoms with Crippen LogP contribution in [0, 0.1) is 33.5 Å². The second kappa shape index (κ2) is 17.0. The number of rotatable bonds is 10. The van der Waals surface area contributed by atoms with Crippen LogP contribution in [0.5, 0.6) is 5.75 Å². The van der Waals surface area contributed by atoms with Crippen LogP contribution in [-0.2, 0) is 37.8 Å². The van der Waals surface area contributed by atoms with Crippen LogP contribution in [0.4, 0.5) is 26.2 Å². The quantitative estimate of drug-likeness (QED) is 0.103. The number of nitrogens with one attached hydrogen (secondary N) is 2. The number of fused-ring (bicyclic) bond motifs is 2. The highest BCUT2D eigenvalue weighted by molar-refractivity contribution is 6.31. The molecule has 2 aromatic carbocycles. The van der Waals surface area contributed by atoms with Crippen LogP contribution in [0.3, 0.4) is 0 Å². The number of amidine groups is 1. The molecular formula is C48H55ClF2N12O2. The summed E-state index contributed by atoms with van der Waals surface area (Å²) in [6.45, 7) is 14.0. The predicted molar refractivity (Wildman–Crippen MR) is 245 cm³/mol. The molecule has 3 aromatic heterocycles. The fraction of sp³-hybridized carbons (Fsp3) is 0.479. The summed E-state index contributed by atoms with van der Waals surface area (Å²) in [7, 11) is 1.78. The molecule has 1 saturated carbocycles. The van der Waals surface area contributed by atoms with Crippen molar-refractivity contribution in [1.82, 2.24) is 39.7 Å². The van der Waals surface area contributed by atoms with Gasteiger partial charge in [-0.25, -0.2) is 18.7 Å². The van der Waals surface area contributed by atoms with E-state index < -0.39 is 6.43 Å². The van der Waals surface area contributed by atoms with Crippen LogP contribution < -0.4 is 19.9 Å². The minimum Gasteiger partial charge on any atom is -0.489 e. The van der Waals surface area contributed by atoms with Crippen LogP contribution in [0.2, 0.25) is 5.02 Å². The second-order valence-electron chi connectivity index (χ2n) is 19.2. The normalized spacial score (nSPS) is 20.2. The third-order valence-electron chi connectivity index (χ3n) is 14.1. The molecule has 5 aromatic rings. The lowest BCUT2D eigenvalue weighted by Crippen LogP contribution is -2.74. The zero-order valence-electron chi connectivity index (χ0n) is 37.7. The molecule has 6 heterocycles. The van der Waals surface area contributed by atoms with Gasteiger partial charge in [-0.1, -0.05) is 39.3 Å². The van der Waals surface area contributed by atoms with Gasteiger partial charge in [0.15, 0.2) is 5.82 Å². The van der Waals surface area contributed by atoms with E-state index in [2.05, 4.69) is 58.7 Å². The Bertz CT molecular complexity index is 2660. The molecule has 0 atom stereocenters. The number of carbonyl (C=O) groups is 1. The van der Waals surface area contributed by atoms with Crippen LogP contribution in [0.1, 0.15) is 93.8 Å². The van der Waals surface area contributed by atoms with Gasteiger partial charge in [0.2, 0.25) is 11.9 Å². The first-order chi connectivity index (χ1) is 31.0. The Hall–Kier alpha value is -6.08. The number of hydrogen-bond acceptors (Lipinski definition) is 10. The van der Waals surface area contributed by atoms with Crippen molar-refractivity contribution in [3.8, 4) is 22.9 Å². The van der Waals surface area contributed by atoms with Crippen LogP contribution >= 0.6 is 11.6 Å². The zero-order chi connectivity index (χ0) is 45.9. The Balaban J connectivity index is 0.864. The van der Waals surface area contributed by atoms with E-state index in [9.17, 15) is 18.8 Å². The average Bonchev–Trinajstić information content (AvgIpc) is 3.89. The van der Waals surface area contributed by atoms with Gasteiger partial charge in [-0.15, -0.1) is 0 Å². The Morgan fingerprint density at radius 3 is 2.43 bits per heavy atom. The number of nitrogens with zero attached hydrogens (tertiary/aromatic N) is 10. The average molecular weight is 905 g/mol. The maximum atomic E-state index is 14.7. The number of aromatic nitrogens is 6. The Morgan fingerprint density at radius 2 is 1.78 bits per heavy atom. The minimum absolute atomic E-state index is 0.00322. The lowest BCUT2D eigenvalue weighted by atomic mass is 9.49. The van der Waals surface area contributed by atoms with Crippen LogP contribution in [0.25, 0.3) is 11.1 Å². The molecule has 14 nitrogen and oxygen atoms in total. The molecule has 0 unspecified atom stereocenters. The first kappa shape index (κ1) is 44.1. The van der Waals surface area contributed by atoms with E-state index in [4.69, 9.17) is 36.8 Å². The lowest BCUT2D eigenvalue weighted by molar-refractivity contribution is -0.162. The molecular weight excluding hydrogens is 850 g/mol. The van der Waals surface area contributed by atoms with Gasteiger partial charge in [0.05, 0.1) is 28.9 Å². The molecule has 1 aliphatic carbocycles. The summed E-state index contributed by atoms with van der Waals surface area (Å²) in [6.07, 6.45) is 8.05. The Labute approximate surface area is 383 Å². The number of amides is 1. The van der Waals surface area contributed by atoms with Crippen molar-refractivity contribution in [3.05, 3.63) is 93.7 Å². The van der Waals surface area contributed by atoms with E-state index in [0.717, 1.165) is 67.1 Å². The summed E-state index contributed by atoms with van der Waals surface area (Å²) in [5.41, 5.74) is 5.30. The molecule has 9 rings (SSSR count). The molecule has 0 spiro atoms. The van der Waals surface area contributed by atoms with Crippen molar-refractivity contribution in [3.63, 3.8) is 0 Å². The van der Waals surface area contributed by atoms with Gasteiger partial charge >= 0.3 is 0 Å². The first-order valence-electron chi connectivity index (χ1n) is 22.4. The molecule has 1 amide bonds. The fourth-order valence-electron chi connectivity index (χ4n) is 11.0. The summed E-state index contributed by atoms with van der Waals surface area (Å²) in [5.74, 6) is 2.56. The van der Waals surface area contributed by atoms with E-state index in [1.165, 1.54) is 0 Å². The number of benzene rings is 2.